The molecule has 108 valence electrons. The van der Waals surface area contributed by atoms with Crippen molar-refractivity contribution in [2.75, 3.05) is 5.32 Å². The van der Waals surface area contributed by atoms with Crippen LogP contribution in [0.1, 0.15) is 16.1 Å². The summed E-state index contributed by atoms with van der Waals surface area (Å²) in [6.45, 7) is 1.57. The van der Waals surface area contributed by atoms with Crippen molar-refractivity contribution < 1.29 is 9.59 Å². The smallest absolute Gasteiger partial charge is 0.253 e. The Bertz CT molecular complexity index is 735. The van der Waals surface area contributed by atoms with Gasteiger partial charge < -0.3 is 11.1 Å². The summed E-state index contributed by atoms with van der Waals surface area (Å²) in [6.07, 6.45) is 1.33. The number of primary amides is 1. The van der Waals surface area contributed by atoms with E-state index in [-0.39, 0.29) is 18.0 Å². The first-order valence-corrected chi connectivity index (χ1v) is 6.18. The SMILES string of the molecule is Cc1cc(=O)n(CC(=O)Nc2ccc(C(N)=O)cc2)cn1. The Kier molecular flexibility index (Phi) is 4.13. The Balaban J connectivity index is 2.04. The number of anilines is 1. The van der Waals surface area contributed by atoms with E-state index in [0.29, 0.717) is 16.9 Å². The standard InChI is InChI=1S/C14H14N4O3/c1-9-6-13(20)18(8-16-9)7-12(19)17-11-4-2-10(3-5-11)14(15)21/h2-6,8H,7H2,1H3,(H2,15,21)(H,17,19). The van der Waals surface area contributed by atoms with Crippen LogP contribution in [0.5, 0.6) is 0 Å². The van der Waals surface area contributed by atoms with E-state index in [1.807, 2.05) is 0 Å². The van der Waals surface area contributed by atoms with Gasteiger partial charge in [0.25, 0.3) is 5.56 Å². The summed E-state index contributed by atoms with van der Waals surface area (Å²) < 4.78 is 1.21. The fraction of sp³-hybridized carbons (Fsp3) is 0.143. The summed E-state index contributed by atoms with van der Waals surface area (Å²) in [7, 11) is 0. The largest absolute Gasteiger partial charge is 0.366 e. The number of nitrogens with two attached hydrogens (primary N) is 1. The molecule has 2 aromatic rings. The van der Waals surface area contributed by atoms with Gasteiger partial charge in [-0.1, -0.05) is 0 Å². The first kappa shape index (κ1) is 14.4. The minimum atomic E-state index is -0.537. The molecule has 1 heterocycles. The number of nitrogens with zero attached hydrogens (tertiary/aromatic N) is 2. The van der Waals surface area contributed by atoms with Crippen LogP contribution in [0.15, 0.2) is 41.5 Å². The summed E-state index contributed by atoms with van der Waals surface area (Å²) in [5.41, 5.74) is 6.30. The highest BCUT2D eigenvalue weighted by Crippen LogP contribution is 2.09. The maximum Gasteiger partial charge on any atom is 0.253 e. The maximum atomic E-state index is 11.8. The average molecular weight is 286 g/mol. The molecule has 1 aromatic carbocycles. The summed E-state index contributed by atoms with van der Waals surface area (Å²) in [6, 6.07) is 7.51. The van der Waals surface area contributed by atoms with Crippen molar-refractivity contribution in [3.05, 3.63) is 58.3 Å². The molecule has 0 aliphatic heterocycles. The molecule has 0 radical (unpaired) electrons. The Morgan fingerprint density at radius 1 is 1.29 bits per heavy atom. The fourth-order valence-corrected chi connectivity index (χ4v) is 1.71. The van der Waals surface area contributed by atoms with Crippen LogP contribution < -0.4 is 16.6 Å². The summed E-state index contributed by atoms with van der Waals surface area (Å²) >= 11 is 0. The van der Waals surface area contributed by atoms with Crippen molar-refractivity contribution in [2.45, 2.75) is 13.5 Å². The van der Waals surface area contributed by atoms with Gasteiger partial charge in [-0.25, -0.2) is 4.98 Å². The molecule has 21 heavy (non-hydrogen) atoms. The van der Waals surface area contributed by atoms with Crippen molar-refractivity contribution >= 4 is 17.5 Å². The molecule has 0 fully saturated rings. The van der Waals surface area contributed by atoms with Crippen LogP contribution in [0, 0.1) is 6.92 Å². The highest BCUT2D eigenvalue weighted by atomic mass is 16.2. The molecule has 0 saturated heterocycles. The lowest BCUT2D eigenvalue weighted by atomic mass is 10.2. The van der Waals surface area contributed by atoms with Gasteiger partial charge in [0.1, 0.15) is 6.54 Å². The predicted molar refractivity (Wildman–Crippen MR) is 76.8 cm³/mol. The van der Waals surface area contributed by atoms with E-state index >= 15 is 0 Å². The zero-order chi connectivity index (χ0) is 15.4. The van der Waals surface area contributed by atoms with Gasteiger partial charge in [0.05, 0.1) is 6.33 Å². The van der Waals surface area contributed by atoms with Gasteiger partial charge in [-0.15, -0.1) is 0 Å². The van der Waals surface area contributed by atoms with E-state index in [4.69, 9.17) is 5.73 Å². The van der Waals surface area contributed by atoms with Gasteiger partial charge in [-0.3, -0.25) is 19.0 Å². The molecule has 1 aromatic heterocycles. The number of hydrogen-bond acceptors (Lipinski definition) is 4. The Labute approximate surface area is 120 Å². The van der Waals surface area contributed by atoms with Crippen LogP contribution in [0.4, 0.5) is 5.69 Å². The molecule has 0 unspecified atom stereocenters. The zero-order valence-corrected chi connectivity index (χ0v) is 11.4. The molecule has 0 bridgehead atoms. The highest BCUT2D eigenvalue weighted by molar-refractivity contribution is 5.94. The van der Waals surface area contributed by atoms with Crippen molar-refractivity contribution in [3.8, 4) is 0 Å². The van der Waals surface area contributed by atoms with E-state index in [1.54, 1.807) is 19.1 Å². The molecule has 7 nitrogen and oxygen atoms in total. The van der Waals surface area contributed by atoms with E-state index < -0.39 is 5.91 Å². The van der Waals surface area contributed by atoms with Gasteiger partial charge in [-0.05, 0) is 31.2 Å². The third-order valence-electron chi connectivity index (χ3n) is 2.78. The van der Waals surface area contributed by atoms with Crippen LogP contribution in [0.25, 0.3) is 0 Å². The van der Waals surface area contributed by atoms with E-state index in [2.05, 4.69) is 10.3 Å². The predicted octanol–water partition coefficient (Wildman–Crippen LogP) is 0.289. The van der Waals surface area contributed by atoms with Gasteiger partial charge in [0.2, 0.25) is 11.8 Å². The van der Waals surface area contributed by atoms with Crippen LogP contribution in [-0.4, -0.2) is 21.4 Å². The Morgan fingerprint density at radius 2 is 1.95 bits per heavy atom. The van der Waals surface area contributed by atoms with Crippen molar-refractivity contribution in [3.63, 3.8) is 0 Å². The summed E-state index contributed by atoms with van der Waals surface area (Å²) in [5.74, 6) is -0.903. The lowest BCUT2D eigenvalue weighted by Gasteiger charge is -2.07. The topological polar surface area (TPSA) is 107 Å². The lowest BCUT2D eigenvalue weighted by molar-refractivity contribution is -0.116. The minimum Gasteiger partial charge on any atom is -0.366 e. The van der Waals surface area contributed by atoms with Gasteiger partial charge in [-0.2, -0.15) is 0 Å². The minimum absolute atomic E-state index is 0.135. The number of aromatic nitrogens is 2. The normalized spacial score (nSPS) is 10.1. The molecule has 7 heteroatoms. The summed E-state index contributed by atoms with van der Waals surface area (Å²) in [5, 5.41) is 2.62. The first-order chi connectivity index (χ1) is 9.95. The number of rotatable bonds is 4. The second-order valence-electron chi connectivity index (χ2n) is 4.49. The number of benzene rings is 1. The number of nitrogens with one attached hydrogen (secondary N) is 1. The molecule has 0 aliphatic rings. The number of carbonyl (C=O) groups excluding carboxylic acids is 2. The van der Waals surface area contributed by atoms with Crippen LogP contribution in [-0.2, 0) is 11.3 Å². The van der Waals surface area contributed by atoms with Gasteiger partial charge >= 0.3 is 0 Å². The van der Waals surface area contributed by atoms with Gasteiger partial charge in [0.15, 0.2) is 0 Å². The van der Waals surface area contributed by atoms with Crippen molar-refractivity contribution in [1.29, 1.82) is 0 Å². The molecule has 0 aliphatic carbocycles. The number of carbonyl (C=O) groups is 2. The summed E-state index contributed by atoms with van der Waals surface area (Å²) in [4.78, 5) is 38.4. The average Bonchev–Trinajstić information content (AvgIpc) is 2.42. The Morgan fingerprint density at radius 3 is 2.52 bits per heavy atom. The fourth-order valence-electron chi connectivity index (χ4n) is 1.71. The van der Waals surface area contributed by atoms with Crippen molar-refractivity contribution in [1.82, 2.24) is 9.55 Å². The molecule has 0 saturated carbocycles. The third kappa shape index (κ3) is 3.75. The molecular formula is C14H14N4O3. The Hall–Kier alpha value is -2.96. The number of amides is 2. The molecule has 2 amide bonds. The van der Waals surface area contributed by atoms with Crippen LogP contribution >= 0.6 is 0 Å². The highest BCUT2D eigenvalue weighted by Gasteiger charge is 2.06. The molecule has 0 spiro atoms. The molecule has 0 atom stereocenters. The van der Waals surface area contributed by atoms with E-state index in [1.165, 1.54) is 29.1 Å². The number of aryl methyl sites for hydroxylation is 1. The second-order valence-corrected chi connectivity index (χ2v) is 4.49. The third-order valence-corrected chi connectivity index (χ3v) is 2.78. The first-order valence-electron chi connectivity index (χ1n) is 6.18. The van der Waals surface area contributed by atoms with E-state index in [0.717, 1.165) is 0 Å². The van der Waals surface area contributed by atoms with Gasteiger partial charge in [0, 0.05) is 23.0 Å². The zero-order valence-electron chi connectivity index (χ0n) is 11.4. The monoisotopic (exact) mass is 286 g/mol. The second kappa shape index (κ2) is 6.00. The van der Waals surface area contributed by atoms with Crippen LogP contribution in [0.3, 0.4) is 0 Å². The quantitative estimate of drug-likeness (QED) is 0.842. The van der Waals surface area contributed by atoms with Crippen LogP contribution in [0.2, 0.25) is 0 Å². The van der Waals surface area contributed by atoms with E-state index in [9.17, 15) is 14.4 Å². The number of hydrogen-bond donors (Lipinski definition) is 2. The maximum absolute atomic E-state index is 11.8. The molecule has 2 rings (SSSR count). The molecular weight excluding hydrogens is 272 g/mol. The molecule has 3 N–H and O–H groups in total. The lowest BCUT2D eigenvalue weighted by Crippen LogP contribution is -2.27. The van der Waals surface area contributed by atoms with Crippen molar-refractivity contribution in [2.24, 2.45) is 5.73 Å².